The summed E-state index contributed by atoms with van der Waals surface area (Å²) < 4.78 is 13.4. The monoisotopic (exact) mass is 408 g/mol. The molecule has 6 heteroatoms. The van der Waals surface area contributed by atoms with Crippen LogP contribution in [-0.2, 0) is 19.9 Å². The number of halogens is 1. The van der Waals surface area contributed by atoms with E-state index in [1.807, 2.05) is 0 Å². The zero-order valence-electron chi connectivity index (χ0n) is 16.7. The lowest BCUT2D eigenvalue weighted by molar-refractivity contribution is -0.144. The third-order valence-corrected chi connectivity index (χ3v) is 8.29. The van der Waals surface area contributed by atoms with Crippen LogP contribution in [0.25, 0.3) is 0 Å². The van der Waals surface area contributed by atoms with E-state index in [0.29, 0.717) is 11.8 Å². The van der Waals surface area contributed by atoms with Gasteiger partial charge in [-0.25, -0.2) is 4.39 Å². The number of hydrogen-bond donors (Lipinski definition) is 1. The standard InChI is InChI=1S/C24H25FN2O3/c25-14-5-3-13(4-6-14)24(9-1-2-10-24)26-19(28)12-27-22(29)20-15-7-8-16(18-11-17(15)18)21(20)23(27)30/h3-8,15-18,20-21H,1-2,9-12H2,(H,26,28)/t15-,16-,17-,18-,20+,21+/m1/s1. The fourth-order valence-electron chi connectivity index (χ4n) is 6.86. The van der Waals surface area contributed by atoms with Crippen molar-refractivity contribution in [2.45, 2.75) is 37.6 Å². The molecule has 3 amide bonds. The van der Waals surface area contributed by atoms with Crippen molar-refractivity contribution >= 4 is 17.7 Å². The van der Waals surface area contributed by atoms with Crippen LogP contribution in [0.3, 0.4) is 0 Å². The van der Waals surface area contributed by atoms with E-state index in [9.17, 15) is 18.8 Å². The fourth-order valence-corrected chi connectivity index (χ4v) is 6.86. The van der Waals surface area contributed by atoms with Crippen LogP contribution in [0, 0.1) is 41.3 Å². The second-order valence-electron chi connectivity index (χ2n) is 9.76. The molecule has 2 bridgehead atoms. The summed E-state index contributed by atoms with van der Waals surface area (Å²) in [7, 11) is 0. The van der Waals surface area contributed by atoms with E-state index >= 15 is 0 Å². The highest BCUT2D eigenvalue weighted by Crippen LogP contribution is 2.65. The molecule has 4 fully saturated rings. The Morgan fingerprint density at radius 2 is 1.57 bits per heavy atom. The maximum Gasteiger partial charge on any atom is 0.240 e. The number of amides is 3. The minimum absolute atomic E-state index is 0.162. The Balaban J connectivity index is 1.21. The molecule has 0 spiro atoms. The molecule has 0 aromatic heterocycles. The minimum atomic E-state index is -0.550. The summed E-state index contributed by atoms with van der Waals surface area (Å²) in [5.74, 6) is -0.103. The van der Waals surface area contributed by atoms with Gasteiger partial charge in [0.05, 0.1) is 17.4 Å². The molecule has 6 aliphatic rings. The molecule has 7 rings (SSSR count). The smallest absolute Gasteiger partial charge is 0.240 e. The molecule has 6 atom stereocenters. The number of nitrogens with zero attached hydrogens (tertiary/aromatic N) is 1. The topological polar surface area (TPSA) is 66.5 Å². The van der Waals surface area contributed by atoms with Crippen molar-refractivity contribution < 1.29 is 18.8 Å². The molecule has 5 aliphatic carbocycles. The van der Waals surface area contributed by atoms with Crippen LogP contribution >= 0.6 is 0 Å². The van der Waals surface area contributed by atoms with Gasteiger partial charge in [-0.05, 0) is 60.6 Å². The highest BCUT2D eigenvalue weighted by atomic mass is 19.1. The number of likely N-dealkylation sites (tertiary alicyclic amines) is 1. The first-order valence-electron chi connectivity index (χ1n) is 11.1. The van der Waals surface area contributed by atoms with Crippen molar-refractivity contribution in [2.24, 2.45) is 35.5 Å². The molecule has 0 radical (unpaired) electrons. The van der Waals surface area contributed by atoms with Gasteiger partial charge >= 0.3 is 0 Å². The summed E-state index contributed by atoms with van der Waals surface area (Å²) in [6.07, 6.45) is 8.89. The summed E-state index contributed by atoms with van der Waals surface area (Å²) in [5, 5.41) is 3.11. The van der Waals surface area contributed by atoms with Crippen molar-refractivity contribution in [2.75, 3.05) is 6.54 Å². The molecule has 3 saturated carbocycles. The second-order valence-corrected chi connectivity index (χ2v) is 9.76. The lowest BCUT2D eigenvalue weighted by atomic mass is 9.63. The van der Waals surface area contributed by atoms with Crippen LogP contribution in [0.4, 0.5) is 4.39 Å². The predicted octanol–water partition coefficient (Wildman–Crippen LogP) is 2.76. The van der Waals surface area contributed by atoms with E-state index in [0.717, 1.165) is 37.7 Å². The summed E-state index contributed by atoms with van der Waals surface area (Å²) >= 11 is 0. The van der Waals surface area contributed by atoms with Crippen molar-refractivity contribution in [3.05, 3.63) is 47.8 Å². The zero-order valence-corrected chi connectivity index (χ0v) is 16.7. The van der Waals surface area contributed by atoms with E-state index in [-0.39, 0.29) is 53.8 Å². The maximum absolute atomic E-state index is 13.4. The number of rotatable bonds is 4. The van der Waals surface area contributed by atoms with Gasteiger partial charge in [0.2, 0.25) is 17.7 Å². The molecule has 1 heterocycles. The van der Waals surface area contributed by atoms with Gasteiger partial charge in [-0.2, -0.15) is 0 Å². The third-order valence-electron chi connectivity index (χ3n) is 8.29. The maximum atomic E-state index is 13.4. The molecule has 5 nitrogen and oxygen atoms in total. The first-order valence-corrected chi connectivity index (χ1v) is 11.1. The van der Waals surface area contributed by atoms with Gasteiger partial charge in [0.25, 0.3) is 0 Å². The van der Waals surface area contributed by atoms with Crippen LogP contribution in [-0.4, -0.2) is 29.2 Å². The number of benzene rings is 1. The SMILES string of the molecule is O=C(CN1C(=O)[C@H]2[C@@H]3C=C[C@H]([C@H]4C[C@H]34)[C@@H]2C1=O)NC1(c2ccc(F)cc2)CCCC1. The van der Waals surface area contributed by atoms with Crippen LogP contribution in [0.5, 0.6) is 0 Å². The van der Waals surface area contributed by atoms with Crippen LogP contribution in [0.2, 0.25) is 0 Å². The summed E-state index contributed by atoms with van der Waals surface area (Å²) in [4.78, 5) is 40.4. The van der Waals surface area contributed by atoms with E-state index in [1.54, 1.807) is 12.1 Å². The molecule has 1 aromatic carbocycles. The zero-order chi connectivity index (χ0) is 20.6. The Bertz CT molecular complexity index is 929. The molecule has 1 N–H and O–H groups in total. The number of imide groups is 1. The third kappa shape index (κ3) is 2.48. The Morgan fingerprint density at radius 1 is 1.00 bits per heavy atom. The Morgan fingerprint density at radius 3 is 2.13 bits per heavy atom. The Labute approximate surface area is 174 Å². The van der Waals surface area contributed by atoms with E-state index in [4.69, 9.17) is 0 Å². The van der Waals surface area contributed by atoms with Gasteiger partial charge in [-0.3, -0.25) is 19.3 Å². The predicted molar refractivity (Wildman–Crippen MR) is 106 cm³/mol. The van der Waals surface area contributed by atoms with Gasteiger partial charge in [0, 0.05) is 0 Å². The van der Waals surface area contributed by atoms with Gasteiger partial charge in [-0.15, -0.1) is 0 Å². The molecule has 30 heavy (non-hydrogen) atoms. The van der Waals surface area contributed by atoms with Crippen molar-refractivity contribution in [1.82, 2.24) is 10.2 Å². The lowest BCUT2D eigenvalue weighted by Gasteiger charge is -2.37. The number of nitrogens with one attached hydrogen (secondary N) is 1. The summed E-state index contributed by atoms with van der Waals surface area (Å²) in [6.45, 7) is -0.220. The highest BCUT2D eigenvalue weighted by Gasteiger charge is 2.67. The van der Waals surface area contributed by atoms with Gasteiger partial charge in [-0.1, -0.05) is 37.1 Å². The van der Waals surface area contributed by atoms with Crippen LogP contribution < -0.4 is 5.32 Å². The number of allylic oxidation sites excluding steroid dienone is 2. The molecular weight excluding hydrogens is 383 g/mol. The van der Waals surface area contributed by atoms with Gasteiger partial charge in [0.1, 0.15) is 12.4 Å². The molecule has 156 valence electrons. The molecule has 1 saturated heterocycles. The van der Waals surface area contributed by atoms with E-state index < -0.39 is 5.54 Å². The quantitative estimate of drug-likeness (QED) is 0.615. The number of hydrogen-bond acceptors (Lipinski definition) is 3. The molecule has 1 aromatic rings. The summed E-state index contributed by atoms with van der Waals surface area (Å²) in [5.41, 5.74) is 0.329. The molecule has 0 unspecified atom stereocenters. The van der Waals surface area contributed by atoms with E-state index in [1.165, 1.54) is 17.0 Å². The van der Waals surface area contributed by atoms with E-state index in [2.05, 4.69) is 17.5 Å². The Hall–Kier alpha value is -2.50. The van der Waals surface area contributed by atoms with Gasteiger partial charge in [0.15, 0.2) is 0 Å². The average Bonchev–Trinajstić information content (AvgIpc) is 3.39. The average molecular weight is 408 g/mol. The largest absolute Gasteiger partial charge is 0.345 e. The van der Waals surface area contributed by atoms with Crippen molar-refractivity contribution in [3.63, 3.8) is 0 Å². The first kappa shape index (κ1) is 18.3. The van der Waals surface area contributed by atoms with Crippen molar-refractivity contribution in [1.29, 1.82) is 0 Å². The minimum Gasteiger partial charge on any atom is -0.345 e. The second kappa shape index (κ2) is 6.25. The first-order chi connectivity index (χ1) is 14.5. The van der Waals surface area contributed by atoms with Crippen LogP contribution in [0.1, 0.15) is 37.7 Å². The van der Waals surface area contributed by atoms with Crippen LogP contribution in [0.15, 0.2) is 36.4 Å². The summed E-state index contributed by atoms with van der Waals surface area (Å²) in [6, 6.07) is 6.26. The molecular formula is C24H25FN2O3. The van der Waals surface area contributed by atoms with Gasteiger partial charge < -0.3 is 5.32 Å². The fraction of sp³-hybridized carbons (Fsp3) is 0.542. The van der Waals surface area contributed by atoms with Crippen molar-refractivity contribution in [3.8, 4) is 0 Å². The number of carbonyl (C=O) groups is 3. The molecule has 1 aliphatic heterocycles. The normalized spacial score (nSPS) is 37.3. The Kier molecular flexibility index (Phi) is 3.81. The highest BCUT2D eigenvalue weighted by molar-refractivity contribution is 6.08. The lowest BCUT2D eigenvalue weighted by Crippen LogP contribution is -2.49. The number of carbonyl (C=O) groups excluding carboxylic acids is 3.